The minimum atomic E-state index is 0.767. The molecule has 0 aliphatic heterocycles. The molecule has 0 saturated carbocycles. The Hall–Kier alpha value is -2.03. The van der Waals surface area contributed by atoms with Gasteiger partial charge in [-0.1, -0.05) is 18.2 Å². The third-order valence-corrected chi connectivity index (χ3v) is 2.13. The predicted octanol–water partition coefficient (Wildman–Crippen LogP) is 2.62. The molecule has 1 aromatic carbocycles. The van der Waals surface area contributed by atoms with E-state index in [2.05, 4.69) is 16.3 Å². The highest BCUT2D eigenvalue weighted by Crippen LogP contribution is 2.25. The number of fused-ring (bicyclic) bond motifs is 1. The first-order valence-electron chi connectivity index (χ1n) is 4.34. The van der Waals surface area contributed by atoms with Crippen molar-refractivity contribution in [2.45, 2.75) is 0 Å². The molecular formula is C11H7N2O. The molecule has 0 unspecified atom stereocenters. The van der Waals surface area contributed by atoms with E-state index < -0.39 is 0 Å². The van der Waals surface area contributed by atoms with Crippen molar-refractivity contribution in [2.24, 2.45) is 0 Å². The van der Waals surface area contributed by atoms with Crippen molar-refractivity contribution in [3.8, 4) is 11.5 Å². The average molecular weight is 183 g/mol. The highest BCUT2D eigenvalue weighted by atomic mass is 16.3. The highest BCUT2D eigenvalue weighted by molar-refractivity contribution is 5.81. The smallest absolute Gasteiger partial charge is 0.174 e. The molecule has 0 amide bonds. The third-order valence-electron chi connectivity index (χ3n) is 2.13. The molecule has 0 aliphatic carbocycles. The van der Waals surface area contributed by atoms with Gasteiger partial charge in [0.05, 0.1) is 0 Å². The molecule has 0 bridgehead atoms. The SMILES string of the molecule is [c]1nc(-c2cc3ccccc3o2)c[nH]1. The Bertz CT molecular complexity index is 518. The number of para-hydroxylation sites is 1. The van der Waals surface area contributed by atoms with Crippen LogP contribution in [0.15, 0.2) is 40.9 Å². The number of nitrogens with one attached hydrogen (secondary N) is 1. The van der Waals surface area contributed by atoms with E-state index in [9.17, 15) is 0 Å². The molecule has 2 heterocycles. The van der Waals surface area contributed by atoms with Crippen molar-refractivity contribution >= 4 is 11.0 Å². The Morgan fingerprint density at radius 2 is 2.21 bits per heavy atom. The summed E-state index contributed by atoms with van der Waals surface area (Å²) >= 11 is 0. The summed E-state index contributed by atoms with van der Waals surface area (Å²) in [6, 6.07) is 9.86. The molecule has 0 atom stereocenters. The second-order valence-electron chi connectivity index (χ2n) is 3.05. The standard InChI is InChI=1S/C11H7N2O/c1-2-4-10-8(3-1)5-11(14-10)9-6-12-7-13-9/h1-6H,(H,12,13). The van der Waals surface area contributed by atoms with Crippen LogP contribution in [0.3, 0.4) is 0 Å². The first kappa shape index (κ1) is 7.38. The van der Waals surface area contributed by atoms with Gasteiger partial charge in [0.2, 0.25) is 0 Å². The number of hydrogen-bond acceptors (Lipinski definition) is 2. The lowest BCUT2D eigenvalue weighted by molar-refractivity contribution is 0.629. The summed E-state index contributed by atoms with van der Waals surface area (Å²) in [6.07, 6.45) is 4.40. The maximum Gasteiger partial charge on any atom is 0.174 e. The maximum absolute atomic E-state index is 5.61. The van der Waals surface area contributed by atoms with Gasteiger partial charge in [0.1, 0.15) is 11.3 Å². The van der Waals surface area contributed by atoms with Gasteiger partial charge in [-0.2, -0.15) is 0 Å². The molecule has 67 valence electrons. The number of furan rings is 1. The van der Waals surface area contributed by atoms with Crippen LogP contribution in [0.1, 0.15) is 0 Å². The monoisotopic (exact) mass is 183 g/mol. The number of aromatic nitrogens is 2. The zero-order valence-electron chi connectivity index (χ0n) is 7.32. The molecule has 3 nitrogen and oxygen atoms in total. The summed E-state index contributed by atoms with van der Waals surface area (Å²) in [4.78, 5) is 6.78. The molecule has 0 saturated heterocycles. The van der Waals surface area contributed by atoms with E-state index in [4.69, 9.17) is 4.42 Å². The lowest BCUT2D eigenvalue weighted by Crippen LogP contribution is -1.68. The van der Waals surface area contributed by atoms with Gasteiger partial charge in [-0.25, -0.2) is 4.98 Å². The lowest BCUT2D eigenvalue weighted by Gasteiger charge is -1.85. The number of imidazole rings is 1. The summed E-state index contributed by atoms with van der Waals surface area (Å²) in [5, 5.41) is 1.09. The fourth-order valence-electron chi connectivity index (χ4n) is 1.46. The van der Waals surface area contributed by atoms with E-state index in [1.165, 1.54) is 0 Å². The van der Waals surface area contributed by atoms with Gasteiger partial charge in [-0.15, -0.1) is 0 Å². The van der Waals surface area contributed by atoms with Crippen molar-refractivity contribution < 1.29 is 4.42 Å². The van der Waals surface area contributed by atoms with Crippen LogP contribution < -0.4 is 0 Å². The minimum absolute atomic E-state index is 0.767. The van der Waals surface area contributed by atoms with E-state index in [0.717, 1.165) is 22.4 Å². The number of benzene rings is 1. The second kappa shape index (κ2) is 2.73. The minimum Gasteiger partial charge on any atom is -0.454 e. The highest BCUT2D eigenvalue weighted by Gasteiger charge is 2.06. The van der Waals surface area contributed by atoms with Crippen LogP contribution in [0.25, 0.3) is 22.4 Å². The first-order valence-corrected chi connectivity index (χ1v) is 4.34. The molecule has 0 spiro atoms. The van der Waals surface area contributed by atoms with E-state index >= 15 is 0 Å². The fourth-order valence-corrected chi connectivity index (χ4v) is 1.46. The zero-order chi connectivity index (χ0) is 9.38. The Kier molecular flexibility index (Phi) is 1.44. The third kappa shape index (κ3) is 1.03. The van der Waals surface area contributed by atoms with E-state index in [-0.39, 0.29) is 0 Å². The summed E-state index contributed by atoms with van der Waals surface area (Å²) in [7, 11) is 0. The van der Waals surface area contributed by atoms with Crippen LogP contribution >= 0.6 is 0 Å². The fraction of sp³-hybridized carbons (Fsp3) is 0. The van der Waals surface area contributed by atoms with Gasteiger partial charge in [0.15, 0.2) is 12.1 Å². The molecule has 0 aliphatic rings. The number of aromatic amines is 1. The Morgan fingerprint density at radius 1 is 1.29 bits per heavy atom. The van der Waals surface area contributed by atoms with E-state index in [1.54, 1.807) is 6.20 Å². The summed E-state index contributed by atoms with van der Waals surface area (Å²) in [5.41, 5.74) is 1.66. The molecule has 3 heteroatoms. The number of nitrogens with zero attached hydrogens (tertiary/aromatic N) is 1. The van der Waals surface area contributed by atoms with Gasteiger partial charge in [0.25, 0.3) is 0 Å². The van der Waals surface area contributed by atoms with Crippen LogP contribution in [-0.4, -0.2) is 9.97 Å². The van der Waals surface area contributed by atoms with Crippen LogP contribution in [0.4, 0.5) is 0 Å². The quantitative estimate of drug-likeness (QED) is 0.630. The number of hydrogen-bond donors (Lipinski definition) is 1. The Labute approximate surface area is 80.4 Å². The number of H-pyrrole nitrogens is 1. The van der Waals surface area contributed by atoms with Crippen LogP contribution in [0, 0.1) is 6.33 Å². The largest absolute Gasteiger partial charge is 0.454 e. The van der Waals surface area contributed by atoms with E-state index in [1.807, 2.05) is 30.3 Å². The van der Waals surface area contributed by atoms with Crippen molar-refractivity contribution in [2.75, 3.05) is 0 Å². The maximum atomic E-state index is 5.61. The molecule has 0 fully saturated rings. The average Bonchev–Trinajstić information content (AvgIpc) is 2.86. The first-order chi connectivity index (χ1) is 6.93. The molecule has 1 N–H and O–H groups in total. The van der Waals surface area contributed by atoms with Gasteiger partial charge in [0, 0.05) is 11.6 Å². The van der Waals surface area contributed by atoms with Crippen molar-refractivity contribution in [3.05, 3.63) is 42.9 Å². The Balaban J connectivity index is 2.24. The van der Waals surface area contributed by atoms with E-state index in [0.29, 0.717) is 0 Å². The van der Waals surface area contributed by atoms with Crippen molar-refractivity contribution in [1.82, 2.24) is 9.97 Å². The molecule has 3 aromatic rings. The summed E-state index contributed by atoms with van der Waals surface area (Å²) in [6.45, 7) is 0. The topological polar surface area (TPSA) is 41.8 Å². The molecule has 3 rings (SSSR count). The molecule has 1 radical (unpaired) electrons. The van der Waals surface area contributed by atoms with Gasteiger partial charge >= 0.3 is 0 Å². The van der Waals surface area contributed by atoms with Gasteiger partial charge in [-0.05, 0) is 12.1 Å². The summed E-state index contributed by atoms with van der Waals surface area (Å²) in [5.74, 6) is 0.767. The van der Waals surface area contributed by atoms with Crippen molar-refractivity contribution in [3.63, 3.8) is 0 Å². The zero-order valence-corrected chi connectivity index (χ0v) is 7.32. The lowest BCUT2D eigenvalue weighted by atomic mass is 10.2. The number of rotatable bonds is 1. The van der Waals surface area contributed by atoms with Gasteiger partial charge in [-0.3, -0.25) is 0 Å². The molecular weight excluding hydrogens is 176 g/mol. The molecule has 14 heavy (non-hydrogen) atoms. The second-order valence-corrected chi connectivity index (χ2v) is 3.05. The molecule has 2 aromatic heterocycles. The van der Waals surface area contributed by atoms with Crippen LogP contribution in [0.2, 0.25) is 0 Å². The van der Waals surface area contributed by atoms with Gasteiger partial charge < -0.3 is 9.40 Å². The Morgan fingerprint density at radius 3 is 3.00 bits per heavy atom. The summed E-state index contributed by atoms with van der Waals surface area (Å²) < 4.78 is 5.61. The normalized spacial score (nSPS) is 10.9. The van der Waals surface area contributed by atoms with Crippen LogP contribution in [0.5, 0.6) is 0 Å². The van der Waals surface area contributed by atoms with Crippen molar-refractivity contribution in [1.29, 1.82) is 0 Å². The predicted molar refractivity (Wildman–Crippen MR) is 52.6 cm³/mol. The van der Waals surface area contributed by atoms with Crippen LogP contribution in [-0.2, 0) is 0 Å².